The Bertz CT molecular complexity index is 589. The molecule has 0 radical (unpaired) electrons. The Morgan fingerprint density at radius 1 is 1.26 bits per heavy atom. The predicted molar refractivity (Wildman–Crippen MR) is 83.0 cm³/mol. The maximum absolute atomic E-state index is 4.36. The van der Waals surface area contributed by atoms with Gasteiger partial charge in [-0.15, -0.1) is 0 Å². The van der Waals surface area contributed by atoms with E-state index in [1.807, 2.05) is 0 Å². The molecule has 0 bridgehead atoms. The highest BCUT2D eigenvalue weighted by atomic mass is 32.1. The SMILES string of the molecule is CN(C)CCC1=NN=C2CC(c3ccsc3)=CC=C12. The Morgan fingerprint density at radius 3 is 2.89 bits per heavy atom. The minimum Gasteiger partial charge on any atom is -0.309 e. The third-order valence-corrected chi connectivity index (χ3v) is 4.09. The summed E-state index contributed by atoms with van der Waals surface area (Å²) in [6.07, 6.45) is 6.26. The summed E-state index contributed by atoms with van der Waals surface area (Å²) in [5.74, 6) is 0. The van der Waals surface area contributed by atoms with Crippen LogP contribution in [0.3, 0.4) is 0 Å². The molecule has 4 heteroatoms. The van der Waals surface area contributed by atoms with Crippen LogP contribution in [-0.2, 0) is 0 Å². The summed E-state index contributed by atoms with van der Waals surface area (Å²) in [5.41, 5.74) is 6.14. The molecule has 0 aromatic carbocycles. The number of hydrogen-bond acceptors (Lipinski definition) is 4. The molecule has 0 fully saturated rings. The lowest BCUT2D eigenvalue weighted by atomic mass is 9.90. The zero-order valence-electron chi connectivity index (χ0n) is 11.3. The van der Waals surface area contributed by atoms with E-state index in [4.69, 9.17) is 0 Å². The van der Waals surface area contributed by atoms with Gasteiger partial charge in [-0.05, 0) is 42.1 Å². The summed E-state index contributed by atoms with van der Waals surface area (Å²) in [6.45, 7) is 1.01. The van der Waals surface area contributed by atoms with Crippen LogP contribution in [0.25, 0.3) is 5.57 Å². The fraction of sp³-hybridized carbons (Fsp3) is 0.333. The zero-order valence-corrected chi connectivity index (χ0v) is 12.1. The second-order valence-electron chi connectivity index (χ2n) is 5.11. The first kappa shape index (κ1) is 12.5. The summed E-state index contributed by atoms with van der Waals surface area (Å²) in [6, 6.07) is 2.17. The molecule has 0 spiro atoms. The first-order valence-corrected chi connectivity index (χ1v) is 7.40. The summed E-state index contributed by atoms with van der Waals surface area (Å²) >= 11 is 1.73. The first-order chi connectivity index (χ1) is 9.24. The molecule has 2 aliphatic rings. The van der Waals surface area contributed by atoms with E-state index in [0.717, 1.165) is 30.8 Å². The van der Waals surface area contributed by atoms with Crippen LogP contribution in [-0.4, -0.2) is 37.0 Å². The minimum atomic E-state index is 0.900. The van der Waals surface area contributed by atoms with Crippen molar-refractivity contribution < 1.29 is 0 Å². The van der Waals surface area contributed by atoms with Crippen LogP contribution in [0, 0.1) is 0 Å². The summed E-state index contributed by atoms with van der Waals surface area (Å²) < 4.78 is 0. The third-order valence-electron chi connectivity index (χ3n) is 3.41. The molecule has 1 aromatic heterocycles. The van der Waals surface area contributed by atoms with Gasteiger partial charge in [0.25, 0.3) is 0 Å². The highest BCUT2D eigenvalue weighted by molar-refractivity contribution is 7.08. The first-order valence-electron chi connectivity index (χ1n) is 6.46. The van der Waals surface area contributed by atoms with Crippen LogP contribution in [0.2, 0.25) is 0 Å². The average molecular weight is 271 g/mol. The average Bonchev–Trinajstić information content (AvgIpc) is 3.05. The maximum Gasteiger partial charge on any atom is 0.0765 e. The van der Waals surface area contributed by atoms with Gasteiger partial charge in [0.15, 0.2) is 0 Å². The molecule has 1 aromatic rings. The fourth-order valence-electron chi connectivity index (χ4n) is 2.30. The lowest BCUT2D eigenvalue weighted by Crippen LogP contribution is -2.19. The predicted octanol–water partition coefficient (Wildman–Crippen LogP) is 3.22. The molecule has 0 atom stereocenters. The topological polar surface area (TPSA) is 28.0 Å². The number of thiophene rings is 1. The normalized spacial score (nSPS) is 17.8. The molecule has 0 saturated heterocycles. The summed E-state index contributed by atoms with van der Waals surface area (Å²) in [7, 11) is 4.17. The Morgan fingerprint density at radius 2 is 2.16 bits per heavy atom. The van der Waals surface area contributed by atoms with Crippen molar-refractivity contribution in [1.29, 1.82) is 0 Å². The van der Waals surface area contributed by atoms with E-state index in [0.29, 0.717) is 0 Å². The molecule has 0 unspecified atom stereocenters. The van der Waals surface area contributed by atoms with Gasteiger partial charge in [-0.1, -0.05) is 12.2 Å². The van der Waals surface area contributed by atoms with Crippen molar-refractivity contribution in [2.75, 3.05) is 20.6 Å². The Balaban J connectivity index is 1.77. The molecule has 3 rings (SSSR count). The van der Waals surface area contributed by atoms with Crippen LogP contribution >= 0.6 is 11.3 Å². The van der Waals surface area contributed by atoms with Gasteiger partial charge in [-0.2, -0.15) is 21.5 Å². The van der Waals surface area contributed by atoms with Crippen molar-refractivity contribution in [2.45, 2.75) is 12.8 Å². The van der Waals surface area contributed by atoms with Crippen molar-refractivity contribution in [2.24, 2.45) is 10.2 Å². The molecular formula is C15H17N3S. The van der Waals surface area contributed by atoms with E-state index in [2.05, 4.69) is 58.2 Å². The van der Waals surface area contributed by atoms with Gasteiger partial charge in [-0.25, -0.2) is 0 Å². The standard InChI is InChI=1S/C15H17N3S/c1-18(2)7-5-14-13-4-3-11(9-15(13)17-16-14)12-6-8-19-10-12/h3-4,6,8,10H,5,7,9H2,1-2H3. The smallest absolute Gasteiger partial charge is 0.0765 e. The molecule has 0 N–H and O–H groups in total. The van der Waals surface area contributed by atoms with Gasteiger partial charge in [-0.3, -0.25) is 0 Å². The highest BCUT2D eigenvalue weighted by Crippen LogP contribution is 2.30. The second-order valence-corrected chi connectivity index (χ2v) is 5.89. The summed E-state index contributed by atoms with van der Waals surface area (Å²) in [5, 5.41) is 13.0. The van der Waals surface area contributed by atoms with Crippen molar-refractivity contribution in [3.05, 3.63) is 40.1 Å². The second kappa shape index (κ2) is 5.23. The molecule has 1 aliphatic heterocycles. The number of rotatable bonds is 4. The molecule has 1 aliphatic carbocycles. The van der Waals surface area contributed by atoms with E-state index in [9.17, 15) is 0 Å². The van der Waals surface area contributed by atoms with Gasteiger partial charge in [0, 0.05) is 25.0 Å². The van der Waals surface area contributed by atoms with Crippen LogP contribution in [0.1, 0.15) is 18.4 Å². The van der Waals surface area contributed by atoms with Crippen molar-refractivity contribution in [3.63, 3.8) is 0 Å². The van der Waals surface area contributed by atoms with Gasteiger partial charge >= 0.3 is 0 Å². The monoisotopic (exact) mass is 271 g/mol. The van der Waals surface area contributed by atoms with Gasteiger partial charge in [0.2, 0.25) is 0 Å². The molecule has 3 nitrogen and oxygen atoms in total. The van der Waals surface area contributed by atoms with E-state index in [-0.39, 0.29) is 0 Å². The number of allylic oxidation sites excluding steroid dienone is 4. The number of nitrogens with zero attached hydrogens (tertiary/aromatic N) is 3. The molecule has 0 amide bonds. The fourth-order valence-corrected chi connectivity index (χ4v) is 2.98. The van der Waals surface area contributed by atoms with Crippen LogP contribution in [0.15, 0.2) is 44.8 Å². The van der Waals surface area contributed by atoms with Crippen LogP contribution < -0.4 is 0 Å². The van der Waals surface area contributed by atoms with Gasteiger partial charge < -0.3 is 4.90 Å². The van der Waals surface area contributed by atoms with E-state index < -0.39 is 0 Å². The van der Waals surface area contributed by atoms with Gasteiger partial charge in [0.05, 0.1) is 11.4 Å². The minimum absolute atomic E-state index is 0.900. The van der Waals surface area contributed by atoms with Gasteiger partial charge in [0.1, 0.15) is 0 Å². The molecule has 2 heterocycles. The quantitative estimate of drug-likeness (QED) is 0.826. The van der Waals surface area contributed by atoms with E-state index in [1.165, 1.54) is 16.7 Å². The Kier molecular flexibility index (Phi) is 3.44. The van der Waals surface area contributed by atoms with Crippen LogP contribution in [0.5, 0.6) is 0 Å². The Hall–Kier alpha value is -1.52. The largest absolute Gasteiger partial charge is 0.309 e. The number of hydrogen-bond donors (Lipinski definition) is 0. The third kappa shape index (κ3) is 2.60. The maximum atomic E-state index is 4.36. The summed E-state index contributed by atoms with van der Waals surface area (Å²) in [4.78, 5) is 2.18. The zero-order chi connectivity index (χ0) is 13.2. The molecule has 19 heavy (non-hydrogen) atoms. The van der Waals surface area contributed by atoms with Crippen LogP contribution in [0.4, 0.5) is 0 Å². The lowest BCUT2D eigenvalue weighted by Gasteiger charge is -2.14. The van der Waals surface area contributed by atoms with E-state index in [1.54, 1.807) is 11.3 Å². The van der Waals surface area contributed by atoms with Crippen molar-refractivity contribution in [1.82, 2.24) is 4.90 Å². The van der Waals surface area contributed by atoms with Crippen molar-refractivity contribution >= 4 is 28.3 Å². The number of fused-ring (bicyclic) bond motifs is 1. The Labute approximate surface area is 117 Å². The van der Waals surface area contributed by atoms with E-state index >= 15 is 0 Å². The molecule has 0 saturated carbocycles. The van der Waals surface area contributed by atoms with Crippen molar-refractivity contribution in [3.8, 4) is 0 Å². The highest BCUT2D eigenvalue weighted by Gasteiger charge is 2.23. The molecular weight excluding hydrogens is 254 g/mol. The molecule has 98 valence electrons. The lowest BCUT2D eigenvalue weighted by molar-refractivity contribution is 0.422.